The van der Waals surface area contributed by atoms with Crippen molar-refractivity contribution in [3.8, 4) is 0 Å². The molecule has 0 aromatic heterocycles. The van der Waals surface area contributed by atoms with Crippen LogP contribution in [-0.2, 0) is 11.3 Å². The number of ether oxygens (including phenoxy) is 1. The quantitative estimate of drug-likeness (QED) is 0.823. The first-order valence-electron chi connectivity index (χ1n) is 6.91. The minimum atomic E-state index is -4.50. The van der Waals surface area contributed by atoms with Crippen molar-refractivity contribution in [2.24, 2.45) is 5.92 Å². The summed E-state index contributed by atoms with van der Waals surface area (Å²) in [4.78, 5) is 13.4. The molecule has 1 atom stereocenters. The predicted molar refractivity (Wildman–Crippen MR) is 71.6 cm³/mol. The number of benzene rings is 1. The van der Waals surface area contributed by atoms with Crippen molar-refractivity contribution in [1.82, 2.24) is 4.90 Å². The van der Waals surface area contributed by atoms with Crippen LogP contribution in [0.15, 0.2) is 30.3 Å². The first-order chi connectivity index (χ1) is 9.87. The average molecular weight is 301 g/mol. The van der Waals surface area contributed by atoms with E-state index in [4.69, 9.17) is 0 Å². The molecule has 0 bridgehead atoms. The molecule has 0 aliphatic heterocycles. The first-order valence-corrected chi connectivity index (χ1v) is 6.91. The number of nitrogens with zero attached hydrogens (tertiary/aromatic N) is 1. The van der Waals surface area contributed by atoms with Gasteiger partial charge >= 0.3 is 12.3 Å². The smallest absolute Gasteiger partial charge is 0.422 e. The third-order valence-electron chi connectivity index (χ3n) is 3.59. The van der Waals surface area contributed by atoms with Crippen LogP contribution >= 0.6 is 0 Å². The molecule has 1 amide bonds. The van der Waals surface area contributed by atoms with E-state index in [9.17, 15) is 18.0 Å². The Hall–Kier alpha value is -1.72. The topological polar surface area (TPSA) is 29.5 Å². The summed E-state index contributed by atoms with van der Waals surface area (Å²) in [5.41, 5.74) is 0.869. The van der Waals surface area contributed by atoms with Gasteiger partial charge in [-0.05, 0) is 31.2 Å². The van der Waals surface area contributed by atoms with E-state index in [1.165, 1.54) is 4.90 Å². The normalized spacial score (nSPS) is 16.4. The van der Waals surface area contributed by atoms with Crippen molar-refractivity contribution < 1.29 is 22.7 Å². The van der Waals surface area contributed by atoms with E-state index in [1.54, 1.807) is 0 Å². The highest BCUT2D eigenvalue weighted by atomic mass is 19.4. The Morgan fingerprint density at radius 2 is 1.95 bits per heavy atom. The second kappa shape index (κ2) is 6.37. The Morgan fingerprint density at radius 1 is 1.33 bits per heavy atom. The molecule has 1 saturated carbocycles. The lowest BCUT2D eigenvalue weighted by atomic mass is 10.1. The van der Waals surface area contributed by atoms with Gasteiger partial charge in [-0.1, -0.05) is 30.3 Å². The molecule has 1 fully saturated rings. The van der Waals surface area contributed by atoms with Crippen molar-refractivity contribution in [2.75, 3.05) is 6.61 Å². The van der Waals surface area contributed by atoms with Crippen molar-refractivity contribution >= 4 is 6.09 Å². The standard InChI is InChI=1S/C15H18F3NO2/c1-11(13-7-8-13)19(9-12-5-3-2-4-6-12)14(20)21-10-15(16,17)18/h2-6,11,13H,7-10H2,1H3. The summed E-state index contributed by atoms with van der Waals surface area (Å²) in [6.07, 6.45) is -3.41. The minimum Gasteiger partial charge on any atom is -0.440 e. The Labute approximate surface area is 121 Å². The van der Waals surface area contributed by atoms with E-state index in [-0.39, 0.29) is 12.6 Å². The van der Waals surface area contributed by atoms with Crippen LogP contribution in [-0.4, -0.2) is 29.8 Å². The minimum absolute atomic E-state index is 0.120. The van der Waals surface area contributed by atoms with Crippen LogP contribution in [0.1, 0.15) is 25.3 Å². The number of carbonyl (C=O) groups is 1. The highest BCUT2D eigenvalue weighted by Crippen LogP contribution is 2.36. The van der Waals surface area contributed by atoms with Gasteiger partial charge < -0.3 is 9.64 Å². The van der Waals surface area contributed by atoms with Gasteiger partial charge in [0.05, 0.1) is 0 Å². The average Bonchev–Trinajstić information content (AvgIpc) is 3.26. The highest BCUT2D eigenvalue weighted by Gasteiger charge is 2.37. The van der Waals surface area contributed by atoms with E-state index in [0.717, 1.165) is 18.4 Å². The van der Waals surface area contributed by atoms with Crippen molar-refractivity contribution in [2.45, 2.75) is 38.5 Å². The monoisotopic (exact) mass is 301 g/mol. The molecule has 0 spiro atoms. The van der Waals surface area contributed by atoms with Crippen LogP contribution in [0.5, 0.6) is 0 Å². The molecule has 1 aromatic carbocycles. The van der Waals surface area contributed by atoms with Crippen molar-refractivity contribution in [1.29, 1.82) is 0 Å². The third kappa shape index (κ3) is 4.95. The molecule has 21 heavy (non-hydrogen) atoms. The molecule has 116 valence electrons. The maximum atomic E-state index is 12.2. The summed E-state index contributed by atoms with van der Waals surface area (Å²) in [5.74, 6) is 0.354. The molecule has 3 nitrogen and oxygen atoms in total. The zero-order valence-electron chi connectivity index (χ0n) is 11.8. The zero-order chi connectivity index (χ0) is 15.5. The van der Waals surface area contributed by atoms with Crippen LogP contribution < -0.4 is 0 Å². The Morgan fingerprint density at radius 3 is 2.48 bits per heavy atom. The number of halogens is 3. The lowest BCUT2D eigenvalue weighted by molar-refractivity contribution is -0.163. The first kappa shape index (κ1) is 15.7. The fraction of sp³-hybridized carbons (Fsp3) is 0.533. The molecule has 0 radical (unpaired) electrons. The van der Waals surface area contributed by atoms with Gasteiger partial charge in [-0.25, -0.2) is 4.79 Å². The summed E-state index contributed by atoms with van der Waals surface area (Å²) in [6, 6.07) is 9.06. The van der Waals surface area contributed by atoms with E-state index in [1.807, 2.05) is 37.3 Å². The van der Waals surface area contributed by atoms with Crippen LogP contribution in [0, 0.1) is 5.92 Å². The van der Waals surface area contributed by atoms with Gasteiger partial charge in [0.2, 0.25) is 0 Å². The van der Waals surface area contributed by atoms with Gasteiger partial charge in [0.1, 0.15) is 0 Å². The Kier molecular flexibility index (Phi) is 4.75. The lowest BCUT2D eigenvalue weighted by Gasteiger charge is -2.29. The maximum absolute atomic E-state index is 12.2. The lowest BCUT2D eigenvalue weighted by Crippen LogP contribution is -2.41. The number of carbonyl (C=O) groups excluding carboxylic acids is 1. The van der Waals surface area contributed by atoms with Gasteiger partial charge in [0, 0.05) is 12.6 Å². The summed E-state index contributed by atoms with van der Waals surface area (Å²) in [5, 5.41) is 0. The molecule has 1 aliphatic rings. The van der Waals surface area contributed by atoms with E-state index < -0.39 is 18.9 Å². The summed E-state index contributed by atoms with van der Waals surface area (Å²) >= 11 is 0. The molecule has 0 saturated heterocycles. The van der Waals surface area contributed by atoms with E-state index >= 15 is 0 Å². The number of hydrogen-bond donors (Lipinski definition) is 0. The van der Waals surface area contributed by atoms with Gasteiger partial charge in [0.25, 0.3) is 0 Å². The summed E-state index contributed by atoms with van der Waals surface area (Å²) < 4.78 is 40.9. The molecule has 1 aliphatic carbocycles. The van der Waals surface area contributed by atoms with Crippen LogP contribution in [0.25, 0.3) is 0 Å². The van der Waals surface area contributed by atoms with Crippen LogP contribution in [0.3, 0.4) is 0 Å². The van der Waals surface area contributed by atoms with Crippen LogP contribution in [0.2, 0.25) is 0 Å². The summed E-state index contributed by atoms with van der Waals surface area (Å²) in [7, 11) is 0. The summed E-state index contributed by atoms with van der Waals surface area (Å²) in [6.45, 7) is 0.569. The van der Waals surface area contributed by atoms with E-state index in [2.05, 4.69) is 4.74 Å². The van der Waals surface area contributed by atoms with Crippen molar-refractivity contribution in [3.05, 3.63) is 35.9 Å². The largest absolute Gasteiger partial charge is 0.440 e. The number of amides is 1. The van der Waals surface area contributed by atoms with Crippen molar-refractivity contribution in [3.63, 3.8) is 0 Å². The predicted octanol–water partition coefficient (Wildman–Crippen LogP) is 3.99. The second-order valence-corrected chi connectivity index (χ2v) is 5.36. The third-order valence-corrected chi connectivity index (χ3v) is 3.59. The zero-order valence-corrected chi connectivity index (χ0v) is 11.8. The molecule has 0 N–H and O–H groups in total. The molecule has 2 rings (SSSR count). The SMILES string of the molecule is CC(C1CC1)N(Cc1ccccc1)C(=O)OCC(F)(F)F. The van der Waals surface area contributed by atoms with Gasteiger partial charge in [0.15, 0.2) is 6.61 Å². The maximum Gasteiger partial charge on any atom is 0.422 e. The number of rotatable bonds is 5. The molecule has 1 aromatic rings. The van der Waals surface area contributed by atoms with Gasteiger partial charge in [-0.15, -0.1) is 0 Å². The van der Waals surface area contributed by atoms with Crippen LogP contribution in [0.4, 0.5) is 18.0 Å². The fourth-order valence-corrected chi connectivity index (χ4v) is 2.21. The Bertz CT molecular complexity index is 472. The molecule has 6 heteroatoms. The van der Waals surface area contributed by atoms with Gasteiger partial charge in [-0.2, -0.15) is 13.2 Å². The molecular formula is C15H18F3NO2. The Balaban J connectivity index is 2.03. The van der Waals surface area contributed by atoms with E-state index in [0.29, 0.717) is 5.92 Å². The highest BCUT2D eigenvalue weighted by molar-refractivity contribution is 5.68. The van der Waals surface area contributed by atoms with Gasteiger partial charge in [-0.3, -0.25) is 0 Å². The fourth-order valence-electron chi connectivity index (χ4n) is 2.21. The molecular weight excluding hydrogens is 283 g/mol. The molecule has 0 heterocycles. The molecule has 1 unspecified atom stereocenters. The number of hydrogen-bond acceptors (Lipinski definition) is 2. The number of alkyl halides is 3. The second-order valence-electron chi connectivity index (χ2n) is 5.36.